The molecular weight excluding hydrogens is 248 g/mol. The molecule has 1 aliphatic carbocycles. The highest BCUT2D eigenvalue weighted by molar-refractivity contribution is 5.41. The molecule has 1 atom stereocenters. The third-order valence-electron chi connectivity index (χ3n) is 5.13. The Kier molecular flexibility index (Phi) is 3.76. The molecule has 20 heavy (non-hydrogen) atoms. The normalized spacial score (nSPS) is 32.8. The smallest absolute Gasteiger partial charge is 0.125 e. The van der Waals surface area contributed by atoms with Crippen molar-refractivity contribution in [2.45, 2.75) is 70.5 Å². The van der Waals surface area contributed by atoms with E-state index in [1.807, 2.05) is 6.07 Å². The summed E-state index contributed by atoms with van der Waals surface area (Å²) in [4.78, 5) is 0. The summed E-state index contributed by atoms with van der Waals surface area (Å²) in [6, 6.07) is 6.18. The van der Waals surface area contributed by atoms with Crippen LogP contribution in [-0.4, -0.2) is 10.7 Å². The van der Waals surface area contributed by atoms with Crippen LogP contribution in [0, 0.1) is 12.8 Å². The molecule has 110 valence electrons. The topological polar surface area (TPSA) is 29.5 Å². The van der Waals surface area contributed by atoms with Gasteiger partial charge in [0, 0.05) is 12.0 Å². The van der Waals surface area contributed by atoms with E-state index < -0.39 is 0 Å². The maximum absolute atomic E-state index is 10.5. The average molecular weight is 274 g/mol. The first-order valence-electron chi connectivity index (χ1n) is 8.09. The van der Waals surface area contributed by atoms with Gasteiger partial charge in [-0.25, -0.2) is 0 Å². The maximum Gasteiger partial charge on any atom is 0.125 e. The Balaban J connectivity index is 1.76. The summed E-state index contributed by atoms with van der Waals surface area (Å²) >= 11 is 0. The van der Waals surface area contributed by atoms with Crippen LogP contribution >= 0.6 is 0 Å². The standard InChI is InChI=1S/C18H26O2/c1-3-4-14-7-9-18(10-8-14)12-16(19)15-11-13(2)5-6-17(15)20-18/h5-6,11,14,16,19H,3-4,7-10,12H2,1-2H3. The Morgan fingerprint density at radius 1 is 1.30 bits per heavy atom. The molecule has 1 heterocycles. The molecule has 2 heteroatoms. The van der Waals surface area contributed by atoms with Gasteiger partial charge in [0.15, 0.2) is 0 Å². The Morgan fingerprint density at radius 3 is 2.75 bits per heavy atom. The molecule has 1 unspecified atom stereocenters. The first kappa shape index (κ1) is 13.9. The molecule has 0 bridgehead atoms. The SMILES string of the molecule is CCCC1CCC2(CC1)CC(O)c1cc(C)ccc1O2. The zero-order valence-electron chi connectivity index (χ0n) is 12.7. The maximum atomic E-state index is 10.5. The van der Waals surface area contributed by atoms with Gasteiger partial charge in [-0.2, -0.15) is 0 Å². The third-order valence-corrected chi connectivity index (χ3v) is 5.13. The van der Waals surface area contributed by atoms with Crippen LogP contribution in [0.15, 0.2) is 18.2 Å². The number of benzene rings is 1. The van der Waals surface area contributed by atoms with Gasteiger partial charge in [-0.3, -0.25) is 0 Å². The number of aliphatic hydroxyl groups excluding tert-OH is 1. The first-order chi connectivity index (χ1) is 9.62. The molecule has 0 radical (unpaired) electrons. The zero-order valence-corrected chi connectivity index (χ0v) is 12.7. The molecule has 0 saturated heterocycles. The number of fused-ring (bicyclic) bond motifs is 1. The number of aryl methyl sites for hydroxylation is 1. The van der Waals surface area contributed by atoms with E-state index in [-0.39, 0.29) is 11.7 Å². The van der Waals surface area contributed by atoms with E-state index in [0.717, 1.165) is 36.5 Å². The predicted octanol–water partition coefficient (Wildman–Crippen LogP) is 4.54. The largest absolute Gasteiger partial charge is 0.487 e. The lowest BCUT2D eigenvalue weighted by Gasteiger charge is -2.45. The van der Waals surface area contributed by atoms with Crippen LogP contribution < -0.4 is 4.74 Å². The minimum absolute atomic E-state index is 0.105. The third kappa shape index (κ3) is 2.58. The molecule has 0 aromatic heterocycles. The summed E-state index contributed by atoms with van der Waals surface area (Å²) in [5, 5.41) is 10.5. The molecule has 1 aromatic carbocycles. The van der Waals surface area contributed by atoms with Gasteiger partial charge in [-0.15, -0.1) is 0 Å². The monoisotopic (exact) mass is 274 g/mol. The van der Waals surface area contributed by atoms with Gasteiger partial charge in [0.2, 0.25) is 0 Å². The van der Waals surface area contributed by atoms with Crippen LogP contribution in [0.1, 0.15) is 69.1 Å². The van der Waals surface area contributed by atoms with Gasteiger partial charge in [-0.1, -0.05) is 31.4 Å². The molecular formula is C18H26O2. The summed E-state index contributed by atoms with van der Waals surface area (Å²) in [6.45, 7) is 4.33. The van der Waals surface area contributed by atoms with Gasteiger partial charge in [0.25, 0.3) is 0 Å². The number of hydrogen-bond acceptors (Lipinski definition) is 2. The van der Waals surface area contributed by atoms with Gasteiger partial charge in [0.1, 0.15) is 11.4 Å². The molecule has 1 aromatic rings. The van der Waals surface area contributed by atoms with Crippen LogP contribution in [-0.2, 0) is 0 Å². The van der Waals surface area contributed by atoms with E-state index in [1.165, 1.54) is 31.2 Å². The Morgan fingerprint density at radius 2 is 2.05 bits per heavy atom. The van der Waals surface area contributed by atoms with Crippen molar-refractivity contribution in [3.05, 3.63) is 29.3 Å². The van der Waals surface area contributed by atoms with Gasteiger partial charge >= 0.3 is 0 Å². The summed E-state index contributed by atoms with van der Waals surface area (Å²) in [5.41, 5.74) is 2.06. The van der Waals surface area contributed by atoms with Crippen molar-refractivity contribution in [3.63, 3.8) is 0 Å². The van der Waals surface area contributed by atoms with Crippen molar-refractivity contribution in [2.75, 3.05) is 0 Å². The van der Waals surface area contributed by atoms with Crippen molar-refractivity contribution < 1.29 is 9.84 Å². The Labute approximate surface area is 122 Å². The lowest BCUT2D eigenvalue weighted by Crippen LogP contribution is -2.44. The van der Waals surface area contributed by atoms with Crippen molar-refractivity contribution in [1.29, 1.82) is 0 Å². The second-order valence-corrected chi connectivity index (χ2v) is 6.78. The lowest BCUT2D eigenvalue weighted by atomic mass is 9.73. The van der Waals surface area contributed by atoms with E-state index in [2.05, 4.69) is 26.0 Å². The van der Waals surface area contributed by atoms with E-state index >= 15 is 0 Å². The molecule has 1 spiro atoms. The van der Waals surface area contributed by atoms with E-state index in [4.69, 9.17) is 4.74 Å². The second-order valence-electron chi connectivity index (χ2n) is 6.78. The van der Waals surface area contributed by atoms with E-state index in [9.17, 15) is 5.11 Å². The number of ether oxygens (including phenoxy) is 1. The minimum Gasteiger partial charge on any atom is -0.487 e. The van der Waals surface area contributed by atoms with Gasteiger partial charge in [0.05, 0.1) is 6.10 Å². The van der Waals surface area contributed by atoms with Crippen molar-refractivity contribution in [3.8, 4) is 5.75 Å². The fraction of sp³-hybridized carbons (Fsp3) is 0.667. The Hall–Kier alpha value is -1.02. The molecule has 1 saturated carbocycles. The summed E-state index contributed by atoms with van der Waals surface area (Å²) in [7, 11) is 0. The lowest BCUT2D eigenvalue weighted by molar-refractivity contribution is -0.0474. The molecule has 3 rings (SSSR count). The van der Waals surface area contributed by atoms with Crippen LogP contribution in [0.25, 0.3) is 0 Å². The highest BCUT2D eigenvalue weighted by Gasteiger charge is 2.42. The molecule has 2 nitrogen and oxygen atoms in total. The van der Waals surface area contributed by atoms with Gasteiger partial charge < -0.3 is 9.84 Å². The Bertz CT molecular complexity index is 472. The average Bonchev–Trinajstić information content (AvgIpc) is 2.43. The van der Waals surface area contributed by atoms with Crippen molar-refractivity contribution in [2.24, 2.45) is 5.92 Å². The summed E-state index contributed by atoms with van der Waals surface area (Å²) in [5.74, 6) is 1.77. The highest BCUT2D eigenvalue weighted by atomic mass is 16.5. The minimum atomic E-state index is -0.360. The van der Waals surface area contributed by atoms with E-state index in [0.29, 0.717) is 0 Å². The number of rotatable bonds is 2. The van der Waals surface area contributed by atoms with Crippen LogP contribution in [0.3, 0.4) is 0 Å². The van der Waals surface area contributed by atoms with Crippen molar-refractivity contribution in [1.82, 2.24) is 0 Å². The first-order valence-corrected chi connectivity index (χ1v) is 8.09. The predicted molar refractivity (Wildman–Crippen MR) is 81.0 cm³/mol. The number of aliphatic hydroxyl groups is 1. The fourth-order valence-electron chi connectivity index (χ4n) is 3.97. The summed E-state index contributed by atoms with van der Waals surface area (Å²) in [6.07, 6.45) is 7.73. The molecule has 1 N–H and O–H groups in total. The molecule has 2 aliphatic rings. The second kappa shape index (κ2) is 5.40. The van der Waals surface area contributed by atoms with Crippen molar-refractivity contribution >= 4 is 0 Å². The van der Waals surface area contributed by atoms with Crippen LogP contribution in [0.2, 0.25) is 0 Å². The molecule has 1 aliphatic heterocycles. The quantitative estimate of drug-likeness (QED) is 0.858. The van der Waals surface area contributed by atoms with Crippen LogP contribution in [0.4, 0.5) is 0 Å². The molecule has 0 amide bonds. The van der Waals surface area contributed by atoms with E-state index in [1.54, 1.807) is 0 Å². The van der Waals surface area contributed by atoms with Gasteiger partial charge in [-0.05, 0) is 50.7 Å². The zero-order chi connectivity index (χ0) is 14.2. The fourth-order valence-corrected chi connectivity index (χ4v) is 3.97. The highest BCUT2D eigenvalue weighted by Crippen LogP contribution is 2.47. The van der Waals surface area contributed by atoms with Crippen LogP contribution in [0.5, 0.6) is 5.75 Å². The number of hydrogen-bond donors (Lipinski definition) is 1. The molecule has 1 fully saturated rings. The summed E-state index contributed by atoms with van der Waals surface area (Å²) < 4.78 is 6.35.